The van der Waals surface area contributed by atoms with Gasteiger partial charge < -0.3 is 19.5 Å². The van der Waals surface area contributed by atoms with Gasteiger partial charge in [-0.2, -0.15) is 0 Å². The van der Waals surface area contributed by atoms with Crippen molar-refractivity contribution in [3.8, 4) is 0 Å². The molecule has 2 aliphatic rings. The third-order valence-corrected chi connectivity index (χ3v) is 5.65. The molecule has 0 saturated carbocycles. The van der Waals surface area contributed by atoms with Crippen LogP contribution in [0.25, 0.3) is 0 Å². The van der Waals surface area contributed by atoms with Crippen molar-refractivity contribution in [3.63, 3.8) is 0 Å². The summed E-state index contributed by atoms with van der Waals surface area (Å²) in [6.07, 6.45) is 2.75. The van der Waals surface area contributed by atoms with E-state index in [1.54, 1.807) is 4.90 Å². The Morgan fingerprint density at radius 1 is 1.10 bits per heavy atom. The summed E-state index contributed by atoms with van der Waals surface area (Å²) in [5, 5.41) is 3.03. The third kappa shape index (κ3) is 3.92. The minimum Gasteiger partial charge on any atom is -0.378 e. The summed E-state index contributed by atoms with van der Waals surface area (Å²) >= 11 is 0. The van der Waals surface area contributed by atoms with Gasteiger partial charge in [-0.15, -0.1) is 0 Å². The fraction of sp³-hybridized carbons (Fsp3) is 0.500. The first-order valence-corrected chi connectivity index (χ1v) is 10.4. The number of hydrogen-bond donors (Lipinski definition) is 1. The van der Waals surface area contributed by atoms with Gasteiger partial charge in [0, 0.05) is 25.3 Å². The molecular formula is C22H28N4O3. The SMILES string of the molecule is CC(C)c1ccccc1NC(=O)c1nc(C(=O)N2CCOCC2)n2c1CCCC2. The van der Waals surface area contributed by atoms with Gasteiger partial charge in [-0.3, -0.25) is 9.59 Å². The second kappa shape index (κ2) is 8.37. The Kier molecular flexibility index (Phi) is 5.67. The number of nitrogens with one attached hydrogen (secondary N) is 1. The monoisotopic (exact) mass is 396 g/mol. The molecule has 0 radical (unpaired) electrons. The smallest absolute Gasteiger partial charge is 0.290 e. The second-order valence-corrected chi connectivity index (χ2v) is 7.94. The zero-order valence-electron chi connectivity index (χ0n) is 17.1. The summed E-state index contributed by atoms with van der Waals surface area (Å²) in [6.45, 7) is 7.13. The summed E-state index contributed by atoms with van der Waals surface area (Å²) < 4.78 is 7.30. The maximum Gasteiger partial charge on any atom is 0.290 e. The molecule has 1 saturated heterocycles. The lowest BCUT2D eigenvalue weighted by atomic mass is 10.0. The lowest BCUT2D eigenvalue weighted by Crippen LogP contribution is -2.42. The molecule has 1 aromatic heterocycles. The highest BCUT2D eigenvalue weighted by Crippen LogP contribution is 2.26. The van der Waals surface area contributed by atoms with Gasteiger partial charge in [0.1, 0.15) is 0 Å². The van der Waals surface area contributed by atoms with Crippen molar-refractivity contribution in [2.45, 2.75) is 45.6 Å². The largest absolute Gasteiger partial charge is 0.378 e. The summed E-state index contributed by atoms with van der Waals surface area (Å²) in [5.74, 6) is 0.313. The van der Waals surface area contributed by atoms with Crippen LogP contribution in [0.5, 0.6) is 0 Å². The van der Waals surface area contributed by atoms with Crippen molar-refractivity contribution < 1.29 is 14.3 Å². The molecule has 2 aliphatic heterocycles. The van der Waals surface area contributed by atoms with Crippen LogP contribution in [0.3, 0.4) is 0 Å². The quantitative estimate of drug-likeness (QED) is 0.862. The van der Waals surface area contributed by atoms with E-state index in [2.05, 4.69) is 24.1 Å². The van der Waals surface area contributed by atoms with E-state index in [9.17, 15) is 9.59 Å². The molecule has 1 N–H and O–H groups in total. The standard InChI is InChI=1S/C22H28N4O3/c1-15(2)16-7-3-4-8-17(16)23-21(27)19-18-9-5-6-10-26(18)20(24-19)22(28)25-11-13-29-14-12-25/h3-4,7-8,15H,5-6,9-14H2,1-2H3,(H,23,27). The first-order valence-electron chi connectivity index (χ1n) is 10.4. The van der Waals surface area contributed by atoms with Crippen LogP contribution in [0.1, 0.15) is 65.0 Å². The van der Waals surface area contributed by atoms with Crippen LogP contribution in [-0.4, -0.2) is 52.6 Å². The Morgan fingerprint density at radius 2 is 1.86 bits per heavy atom. The number of morpholine rings is 1. The number of nitrogens with zero attached hydrogens (tertiary/aromatic N) is 3. The van der Waals surface area contributed by atoms with Crippen LogP contribution >= 0.6 is 0 Å². The molecule has 1 fully saturated rings. The molecule has 154 valence electrons. The van der Waals surface area contributed by atoms with Crippen molar-refractivity contribution >= 4 is 17.5 Å². The Labute approximate surface area is 171 Å². The van der Waals surface area contributed by atoms with Crippen LogP contribution in [0.15, 0.2) is 24.3 Å². The first-order chi connectivity index (χ1) is 14.1. The number of para-hydroxylation sites is 1. The molecule has 0 aliphatic carbocycles. The van der Waals surface area contributed by atoms with Crippen molar-refractivity contribution in [2.24, 2.45) is 0 Å². The number of hydrogen-bond acceptors (Lipinski definition) is 4. The molecular weight excluding hydrogens is 368 g/mol. The molecule has 7 nitrogen and oxygen atoms in total. The van der Waals surface area contributed by atoms with E-state index in [0.29, 0.717) is 43.7 Å². The van der Waals surface area contributed by atoms with Crippen molar-refractivity contribution in [2.75, 3.05) is 31.6 Å². The summed E-state index contributed by atoms with van der Waals surface area (Å²) in [7, 11) is 0. The van der Waals surface area contributed by atoms with E-state index in [1.807, 2.05) is 28.8 Å². The molecule has 3 heterocycles. The fourth-order valence-electron chi connectivity index (χ4n) is 4.09. The molecule has 0 spiro atoms. The third-order valence-electron chi connectivity index (χ3n) is 5.65. The van der Waals surface area contributed by atoms with Crippen LogP contribution in [0, 0.1) is 0 Å². The maximum atomic E-state index is 13.1. The van der Waals surface area contributed by atoms with Crippen molar-refractivity contribution in [1.82, 2.24) is 14.5 Å². The zero-order chi connectivity index (χ0) is 20.4. The first kappa shape index (κ1) is 19.6. The van der Waals surface area contributed by atoms with Gasteiger partial charge >= 0.3 is 0 Å². The zero-order valence-corrected chi connectivity index (χ0v) is 17.1. The molecule has 2 amide bonds. The number of fused-ring (bicyclic) bond motifs is 1. The van der Waals surface area contributed by atoms with Gasteiger partial charge in [-0.25, -0.2) is 4.98 Å². The Hall–Kier alpha value is -2.67. The Balaban J connectivity index is 1.65. The average Bonchev–Trinajstić information content (AvgIpc) is 3.14. The number of rotatable bonds is 4. The number of imidazole rings is 1. The number of amides is 2. The molecule has 0 bridgehead atoms. The van der Waals surface area contributed by atoms with Gasteiger partial charge in [-0.05, 0) is 36.8 Å². The second-order valence-electron chi connectivity index (χ2n) is 7.94. The Bertz CT molecular complexity index is 913. The van der Waals surface area contributed by atoms with Gasteiger partial charge in [0.2, 0.25) is 0 Å². The van der Waals surface area contributed by atoms with Crippen LogP contribution in [0.2, 0.25) is 0 Å². The normalized spacial score (nSPS) is 16.6. The minimum absolute atomic E-state index is 0.113. The predicted molar refractivity (Wildman–Crippen MR) is 110 cm³/mol. The van der Waals surface area contributed by atoms with Gasteiger partial charge in [-0.1, -0.05) is 32.0 Å². The van der Waals surface area contributed by atoms with Gasteiger partial charge in [0.15, 0.2) is 11.5 Å². The number of benzene rings is 1. The summed E-state index contributed by atoms with van der Waals surface area (Å²) in [6, 6.07) is 7.83. The number of aromatic nitrogens is 2. The molecule has 2 aromatic rings. The van der Waals surface area contributed by atoms with E-state index in [1.165, 1.54) is 0 Å². The summed E-state index contributed by atoms with van der Waals surface area (Å²) in [4.78, 5) is 32.5. The summed E-state index contributed by atoms with van der Waals surface area (Å²) in [5.41, 5.74) is 3.12. The molecule has 0 atom stereocenters. The van der Waals surface area contributed by atoms with Gasteiger partial charge in [0.05, 0.1) is 18.9 Å². The minimum atomic E-state index is -0.246. The van der Waals surface area contributed by atoms with Crippen LogP contribution < -0.4 is 5.32 Å². The van der Waals surface area contributed by atoms with E-state index in [4.69, 9.17) is 4.74 Å². The highest BCUT2D eigenvalue weighted by atomic mass is 16.5. The highest BCUT2D eigenvalue weighted by Gasteiger charge is 2.30. The molecule has 29 heavy (non-hydrogen) atoms. The van der Waals surface area contributed by atoms with E-state index in [-0.39, 0.29) is 11.8 Å². The van der Waals surface area contributed by atoms with E-state index >= 15 is 0 Å². The molecule has 7 heteroatoms. The molecule has 0 unspecified atom stereocenters. The lowest BCUT2D eigenvalue weighted by molar-refractivity contribution is 0.0291. The molecule has 1 aromatic carbocycles. The van der Waals surface area contributed by atoms with Crippen LogP contribution in [0.4, 0.5) is 5.69 Å². The Morgan fingerprint density at radius 3 is 2.62 bits per heavy atom. The maximum absolute atomic E-state index is 13.1. The van der Waals surface area contributed by atoms with Crippen molar-refractivity contribution in [3.05, 3.63) is 47.0 Å². The average molecular weight is 396 g/mol. The van der Waals surface area contributed by atoms with Gasteiger partial charge in [0.25, 0.3) is 11.8 Å². The number of anilines is 1. The number of carbonyl (C=O) groups excluding carboxylic acids is 2. The van der Waals surface area contributed by atoms with Crippen molar-refractivity contribution in [1.29, 1.82) is 0 Å². The van der Waals surface area contributed by atoms with E-state index < -0.39 is 0 Å². The molecule has 4 rings (SSSR count). The predicted octanol–water partition coefficient (Wildman–Crippen LogP) is 3.07. The fourth-order valence-corrected chi connectivity index (χ4v) is 4.09. The lowest BCUT2D eigenvalue weighted by Gasteiger charge is -2.27. The number of carbonyl (C=O) groups is 2. The topological polar surface area (TPSA) is 76.5 Å². The number of ether oxygens (including phenoxy) is 1. The highest BCUT2D eigenvalue weighted by molar-refractivity contribution is 6.05. The van der Waals surface area contributed by atoms with E-state index in [0.717, 1.165) is 42.8 Å². The van der Waals surface area contributed by atoms with Crippen LogP contribution in [-0.2, 0) is 17.7 Å².